The van der Waals surface area contributed by atoms with Crippen LogP contribution in [0.4, 0.5) is 0 Å². The van der Waals surface area contributed by atoms with Crippen molar-refractivity contribution in [2.45, 2.75) is 46.0 Å². The van der Waals surface area contributed by atoms with Crippen molar-refractivity contribution in [3.8, 4) is 11.1 Å². The lowest BCUT2D eigenvalue weighted by Crippen LogP contribution is -2.15. The lowest BCUT2D eigenvalue weighted by atomic mass is 10.1. The van der Waals surface area contributed by atoms with Crippen LogP contribution in [0.25, 0.3) is 11.1 Å². The summed E-state index contributed by atoms with van der Waals surface area (Å²) in [7, 11) is 0. The van der Waals surface area contributed by atoms with Crippen molar-refractivity contribution in [2.24, 2.45) is 0 Å². The fourth-order valence-corrected chi connectivity index (χ4v) is 2.81. The molecule has 2 aromatic rings. The molecule has 1 aliphatic carbocycles. The summed E-state index contributed by atoms with van der Waals surface area (Å²) in [4.78, 5) is 0. The molecule has 1 nitrogen and oxygen atoms in total. The van der Waals surface area contributed by atoms with Gasteiger partial charge >= 0.3 is 0 Å². The van der Waals surface area contributed by atoms with E-state index in [1.165, 1.54) is 61.0 Å². The van der Waals surface area contributed by atoms with E-state index >= 15 is 0 Å². The van der Waals surface area contributed by atoms with Crippen molar-refractivity contribution >= 4 is 0 Å². The highest BCUT2D eigenvalue weighted by Gasteiger charge is 2.15. The molecule has 0 amide bonds. The Morgan fingerprint density at radius 1 is 0.727 bits per heavy atom. The highest BCUT2D eigenvalue weighted by Crippen LogP contribution is 2.35. The first-order valence-electron chi connectivity index (χ1n) is 8.73. The van der Waals surface area contributed by atoms with Gasteiger partial charge in [0.1, 0.15) is 0 Å². The molecule has 0 heterocycles. The van der Waals surface area contributed by atoms with Gasteiger partial charge in [-0.3, -0.25) is 0 Å². The second-order valence-corrected chi connectivity index (χ2v) is 5.95. The van der Waals surface area contributed by atoms with Gasteiger partial charge < -0.3 is 5.32 Å². The first kappa shape index (κ1) is 16.8. The molecule has 0 unspecified atom stereocenters. The van der Waals surface area contributed by atoms with E-state index in [4.69, 9.17) is 0 Å². The monoisotopic (exact) mass is 295 g/mol. The Morgan fingerprint density at radius 3 is 1.64 bits per heavy atom. The summed E-state index contributed by atoms with van der Waals surface area (Å²) in [6.07, 6.45) is 6.36. The smallest absolute Gasteiger partial charge is 0.00135 e. The molecule has 3 rings (SSSR count). The molecule has 22 heavy (non-hydrogen) atoms. The van der Waals surface area contributed by atoms with E-state index < -0.39 is 0 Å². The number of rotatable bonds is 6. The van der Waals surface area contributed by atoms with Gasteiger partial charge in [0.15, 0.2) is 0 Å². The fourth-order valence-electron chi connectivity index (χ4n) is 2.81. The normalized spacial score (nSPS) is 11.4. The van der Waals surface area contributed by atoms with E-state index in [9.17, 15) is 0 Å². The summed E-state index contributed by atoms with van der Waals surface area (Å²) >= 11 is 0. The Labute approximate surface area is 135 Å². The minimum Gasteiger partial charge on any atom is -0.317 e. The van der Waals surface area contributed by atoms with Crippen LogP contribution in [0.5, 0.6) is 0 Å². The Morgan fingerprint density at radius 2 is 1.18 bits per heavy atom. The van der Waals surface area contributed by atoms with Crippen molar-refractivity contribution in [3.05, 3.63) is 59.7 Å². The number of nitrogens with one attached hydrogen (secondary N) is 1. The largest absolute Gasteiger partial charge is 0.317 e. The number of hydrogen-bond donors (Lipinski definition) is 1. The van der Waals surface area contributed by atoms with Crippen molar-refractivity contribution in [1.29, 1.82) is 0 Å². The van der Waals surface area contributed by atoms with E-state index in [-0.39, 0.29) is 0 Å². The van der Waals surface area contributed by atoms with Gasteiger partial charge in [-0.2, -0.15) is 0 Å². The molecule has 1 heteroatoms. The molecular formula is C21H29N. The van der Waals surface area contributed by atoms with Crippen LogP contribution in [-0.2, 0) is 6.42 Å². The lowest BCUT2D eigenvalue weighted by Gasteiger charge is -1.99. The summed E-state index contributed by atoms with van der Waals surface area (Å²) in [5.74, 6) is 0. The standard InChI is InChI=1S/C13H10.C8H19N/c1-3-7-12-10(5-1)9-11-6-2-4-8-13(11)12;1-3-5-7-9-8-6-4-2/h1-8H,9H2;9H,3-8H2,1-2H3. The Balaban J connectivity index is 0.000000175. The topological polar surface area (TPSA) is 12.0 Å². The maximum Gasteiger partial charge on any atom is -0.00135 e. The molecular weight excluding hydrogens is 266 g/mol. The molecule has 0 aliphatic heterocycles. The minimum absolute atomic E-state index is 1.10. The molecule has 0 aromatic heterocycles. The molecule has 1 N–H and O–H groups in total. The van der Waals surface area contributed by atoms with Crippen molar-refractivity contribution in [1.82, 2.24) is 5.32 Å². The molecule has 0 radical (unpaired) electrons. The summed E-state index contributed by atoms with van der Waals surface area (Å²) in [6, 6.07) is 17.3. The number of unbranched alkanes of at least 4 members (excludes halogenated alkanes) is 2. The molecule has 0 spiro atoms. The Hall–Kier alpha value is -1.60. The van der Waals surface area contributed by atoms with Crippen LogP contribution < -0.4 is 5.32 Å². The van der Waals surface area contributed by atoms with Gasteiger partial charge in [-0.25, -0.2) is 0 Å². The van der Waals surface area contributed by atoms with Crippen LogP contribution in [0.1, 0.15) is 50.7 Å². The average molecular weight is 295 g/mol. The van der Waals surface area contributed by atoms with E-state index in [1.807, 2.05) is 0 Å². The molecule has 0 saturated heterocycles. The molecule has 0 bridgehead atoms. The Kier molecular flexibility index (Phi) is 7.18. The number of hydrogen-bond acceptors (Lipinski definition) is 1. The predicted molar refractivity (Wildman–Crippen MR) is 97.4 cm³/mol. The minimum atomic E-state index is 1.10. The molecule has 0 atom stereocenters. The zero-order valence-corrected chi connectivity index (χ0v) is 14.1. The van der Waals surface area contributed by atoms with Crippen molar-refractivity contribution < 1.29 is 0 Å². The summed E-state index contributed by atoms with van der Waals surface area (Å²) in [5.41, 5.74) is 5.75. The lowest BCUT2D eigenvalue weighted by molar-refractivity contribution is 0.611. The second kappa shape index (κ2) is 9.42. The quantitative estimate of drug-likeness (QED) is 0.598. The van der Waals surface area contributed by atoms with Crippen LogP contribution in [0.3, 0.4) is 0 Å². The molecule has 118 valence electrons. The first-order valence-corrected chi connectivity index (χ1v) is 8.73. The number of benzene rings is 2. The van der Waals surface area contributed by atoms with Crippen LogP contribution in [-0.4, -0.2) is 13.1 Å². The molecule has 2 aromatic carbocycles. The highest BCUT2D eigenvalue weighted by molar-refractivity contribution is 5.76. The van der Waals surface area contributed by atoms with Gasteiger partial charge in [0.2, 0.25) is 0 Å². The summed E-state index contributed by atoms with van der Waals surface area (Å²) < 4.78 is 0. The van der Waals surface area contributed by atoms with Gasteiger partial charge in [0.25, 0.3) is 0 Å². The van der Waals surface area contributed by atoms with Crippen LogP contribution in [0.15, 0.2) is 48.5 Å². The molecule has 0 saturated carbocycles. The molecule has 1 aliphatic rings. The van der Waals surface area contributed by atoms with Gasteiger partial charge in [-0.05, 0) is 54.6 Å². The van der Waals surface area contributed by atoms with E-state index in [1.54, 1.807) is 0 Å². The van der Waals surface area contributed by atoms with Crippen molar-refractivity contribution in [3.63, 3.8) is 0 Å². The van der Waals surface area contributed by atoms with Crippen LogP contribution >= 0.6 is 0 Å². The summed E-state index contributed by atoms with van der Waals surface area (Å²) in [5, 5.41) is 3.39. The summed E-state index contributed by atoms with van der Waals surface area (Å²) in [6.45, 7) is 6.86. The van der Waals surface area contributed by atoms with Crippen molar-refractivity contribution in [2.75, 3.05) is 13.1 Å². The van der Waals surface area contributed by atoms with Gasteiger partial charge in [-0.1, -0.05) is 75.2 Å². The zero-order valence-electron chi connectivity index (χ0n) is 14.1. The van der Waals surface area contributed by atoms with E-state index in [0.717, 1.165) is 6.42 Å². The third-order valence-electron chi connectivity index (χ3n) is 4.12. The molecule has 0 fully saturated rings. The maximum absolute atomic E-state index is 3.39. The predicted octanol–water partition coefficient (Wildman–Crippen LogP) is 5.43. The Bertz CT molecular complexity index is 510. The van der Waals surface area contributed by atoms with Crippen LogP contribution in [0.2, 0.25) is 0 Å². The van der Waals surface area contributed by atoms with Gasteiger partial charge in [0.05, 0.1) is 0 Å². The van der Waals surface area contributed by atoms with E-state index in [2.05, 4.69) is 67.7 Å². The van der Waals surface area contributed by atoms with Gasteiger partial charge in [0, 0.05) is 0 Å². The highest BCUT2D eigenvalue weighted by atomic mass is 14.8. The zero-order chi connectivity index (χ0) is 15.6. The third-order valence-corrected chi connectivity index (χ3v) is 4.12. The third kappa shape index (κ3) is 4.71. The fraction of sp³-hybridized carbons (Fsp3) is 0.429. The van der Waals surface area contributed by atoms with Gasteiger partial charge in [-0.15, -0.1) is 0 Å². The first-order chi connectivity index (χ1) is 10.9. The maximum atomic E-state index is 3.39. The second-order valence-electron chi connectivity index (χ2n) is 5.95. The van der Waals surface area contributed by atoms with Crippen LogP contribution in [0, 0.1) is 0 Å². The van der Waals surface area contributed by atoms with E-state index in [0.29, 0.717) is 0 Å². The average Bonchev–Trinajstić information content (AvgIpc) is 2.94. The number of fused-ring (bicyclic) bond motifs is 3. The SMILES string of the molecule is CCCCNCCCC.c1ccc2c(c1)Cc1ccccc1-2.